The van der Waals surface area contributed by atoms with Gasteiger partial charge in [0.1, 0.15) is 0 Å². The van der Waals surface area contributed by atoms with Gasteiger partial charge < -0.3 is 0 Å². The Hall–Kier alpha value is -0.320. The molecule has 0 N–H and O–H groups in total. The van der Waals surface area contributed by atoms with Gasteiger partial charge in [0, 0.05) is 0 Å². The molecule has 1 saturated carbocycles. The molecule has 0 spiro atoms. The highest BCUT2D eigenvalue weighted by molar-refractivity contribution is 6.30. The SMILES string of the molecule is CC1(C)CC1/C=C(\Cl)C(F)(F)C(F)(F)F. The molecule has 0 saturated heterocycles. The van der Waals surface area contributed by atoms with Crippen LogP contribution in [0.1, 0.15) is 20.3 Å². The van der Waals surface area contributed by atoms with E-state index in [4.69, 9.17) is 11.6 Å². The Balaban J connectivity index is 2.81. The Kier molecular flexibility index (Phi) is 2.83. The van der Waals surface area contributed by atoms with Crippen LogP contribution in [0.15, 0.2) is 11.1 Å². The third kappa shape index (κ3) is 2.44. The highest BCUT2D eigenvalue weighted by Crippen LogP contribution is 2.54. The summed E-state index contributed by atoms with van der Waals surface area (Å²) in [6, 6.07) is 0. The van der Waals surface area contributed by atoms with Crippen molar-refractivity contribution in [1.82, 2.24) is 0 Å². The largest absolute Gasteiger partial charge is 0.459 e. The quantitative estimate of drug-likeness (QED) is 0.637. The van der Waals surface area contributed by atoms with E-state index in [1.807, 2.05) is 0 Å². The van der Waals surface area contributed by atoms with Crippen molar-refractivity contribution in [3.05, 3.63) is 11.1 Å². The topological polar surface area (TPSA) is 0 Å². The number of hydrogen-bond donors (Lipinski definition) is 0. The average Bonchev–Trinajstić information content (AvgIpc) is 2.55. The zero-order chi connectivity index (χ0) is 12.1. The fourth-order valence-electron chi connectivity index (χ4n) is 1.21. The normalized spacial score (nSPS) is 26.7. The molecule has 15 heavy (non-hydrogen) atoms. The summed E-state index contributed by atoms with van der Waals surface area (Å²) in [5.74, 6) is -5.23. The third-order valence-electron chi connectivity index (χ3n) is 2.59. The van der Waals surface area contributed by atoms with Crippen LogP contribution in [0.3, 0.4) is 0 Å². The smallest absolute Gasteiger partial charge is 0.190 e. The van der Waals surface area contributed by atoms with E-state index >= 15 is 0 Å². The maximum absolute atomic E-state index is 12.6. The van der Waals surface area contributed by atoms with Crippen molar-refractivity contribution in [3.8, 4) is 0 Å². The summed E-state index contributed by atoms with van der Waals surface area (Å²) in [5.41, 5.74) is -0.220. The van der Waals surface area contributed by atoms with Crippen molar-refractivity contribution in [3.63, 3.8) is 0 Å². The lowest BCUT2D eigenvalue weighted by Gasteiger charge is -2.18. The van der Waals surface area contributed by atoms with Crippen LogP contribution in [-0.4, -0.2) is 12.1 Å². The molecule has 0 aromatic carbocycles. The first-order chi connectivity index (χ1) is 6.48. The van der Waals surface area contributed by atoms with Crippen LogP contribution in [0.25, 0.3) is 0 Å². The summed E-state index contributed by atoms with van der Waals surface area (Å²) >= 11 is 5.01. The van der Waals surface area contributed by atoms with Crippen LogP contribution in [0.5, 0.6) is 0 Å². The van der Waals surface area contributed by atoms with Gasteiger partial charge in [0.05, 0.1) is 5.03 Å². The van der Waals surface area contributed by atoms with Crippen LogP contribution in [0.2, 0.25) is 0 Å². The lowest BCUT2D eigenvalue weighted by molar-refractivity contribution is -0.261. The molecule has 0 radical (unpaired) electrons. The second-order valence-corrected chi connectivity index (χ2v) is 4.79. The molecule has 0 aromatic heterocycles. The number of halogens is 6. The third-order valence-corrected chi connectivity index (χ3v) is 2.96. The molecule has 0 aromatic rings. The summed E-state index contributed by atoms with van der Waals surface area (Å²) in [6.07, 6.45) is -4.23. The van der Waals surface area contributed by atoms with Crippen LogP contribution in [0, 0.1) is 11.3 Å². The summed E-state index contributed by atoms with van der Waals surface area (Å²) in [5, 5.41) is -1.43. The summed E-state index contributed by atoms with van der Waals surface area (Å²) in [4.78, 5) is 0. The number of rotatable bonds is 2. The van der Waals surface area contributed by atoms with Crippen molar-refractivity contribution >= 4 is 11.6 Å². The Morgan fingerprint density at radius 3 is 1.93 bits per heavy atom. The maximum Gasteiger partial charge on any atom is 0.459 e. The number of allylic oxidation sites excluding steroid dienone is 2. The molecule has 1 aliphatic rings. The molecular weight excluding hydrogens is 239 g/mol. The zero-order valence-corrected chi connectivity index (χ0v) is 8.89. The van der Waals surface area contributed by atoms with Gasteiger partial charge in [0.25, 0.3) is 0 Å². The standard InChI is InChI=1S/C9H10ClF5/c1-7(2)4-5(7)3-6(10)8(11,12)9(13,14)15/h3,5H,4H2,1-2H3/b6-3-. The molecule has 1 aliphatic carbocycles. The van der Waals surface area contributed by atoms with E-state index in [1.165, 1.54) is 0 Å². The van der Waals surface area contributed by atoms with Gasteiger partial charge in [-0.25, -0.2) is 0 Å². The number of hydrogen-bond acceptors (Lipinski definition) is 0. The first-order valence-electron chi connectivity index (χ1n) is 4.31. The van der Waals surface area contributed by atoms with E-state index in [1.54, 1.807) is 13.8 Å². The highest BCUT2D eigenvalue weighted by Gasteiger charge is 2.60. The second-order valence-electron chi connectivity index (χ2n) is 4.39. The predicted octanol–water partition coefficient (Wildman–Crippen LogP) is 4.35. The van der Waals surface area contributed by atoms with Gasteiger partial charge in [0.2, 0.25) is 0 Å². The molecule has 88 valence electrons. The molecule has 0 aliphatic heterocycles. The summed E-state index contributed by atoms with van der Waals surface area (Å²) in [7, 11) is 0. The van der Waals surface area contributed by atoms with Crippen molar-refractivity contribution < 1.29 is 22.0 Å². The van der Waals surface area contributed by atoms with E-state index < -0.39 is 17.1 Å². The van der Waals surface area contributed by atoms with E-state index in [2.05, 4.69) is 0 Å². The van der Waals surface area contributed by atoms with Gasteiger partial charge in [-0.05, 0) is 17.8 Å². The lowest BCUT2D eigenvalue weighted by atomic mass is 10.1. The molecule has 0 heterocycles. The molecule has 0 bridgehead atoms. The van der Waals surface area contributed by atoms with E-state index in [0.717, 1.165) is 6.08 Å². The van der Waals surface area contributed by atoms with E-state index in [-0.39, 0.29) is 11.3 Å². The van der Waals surface area contributed by atoms with Crippen molar-refractivity contribution in [1.29, 1.82) is 0 Å². The van der Waals surface area contributed by atoms with Crippen molar-refractivity contribution in [2.75, 3.05) is 0 Å². The second kappa shape index (κ2) is 3.34. The first kappa shape index (κ1) is 12.7. The van der Waals surface area contributed by atoms with Crippen molar-refractivity contribution in [2.24, 2.45) is 11.3 Å². The minimum Gasteiger partial charge on any atom is -0.190 e. The highest BCUT2D eigenvalue weighted by atomic mass is 35.5. The molecule has 1 fully saturated rings. The van der Waals surface area contributed by atoms with Gasteiger partial charge in [0.15, 0.2) is 0 Å². The Morgan fingerprint density at radius 1 is 1.27 bits per heavy atom. The van der Waals surface area contributed by atoms with Gasteiger partial charge in [-0.1, -0.05) is 31.5 Å². The van der Waals surface area contributed by atoms with Gasteiger partial charge in [-0.3, -0.25) is 0 Å². The minimum absolute atomic E-state index is 0.220. The molecular formula is C9H10ClF5. The van der Waals surface area contributed by atoms with E-state index in [9.17, 15) is 22.0 Å². The number of alkyl halides is 5. The molecule has 0 nitrogen and oxygen atoms in total. The Bertz CT molecular complexity index is 289. The molecule has 0 amide bonds. The first-order valence-corrected chi connectivity index (χ1v) is 4.68. The van der Waals surface area contributed by atoms with Crippen LogP contribution in [0.4, 0.5) is 22.0 Å². The summed E-state index contributed by atoms with van der Waals surface area (Å²) in [6.45, 7) is 3.56. The maximum atomic E-state index is 12.6. The van der Waals surface area contributed by atoms with Gasteiger partial charge in [-0.2, -0.15) is 22.0 Å². The zero-order valence-electron chi connectivity index (χ0n) is 8.13. The lowest BCUT2D eigenvalue weighted by Crippen LogP contribution is -2.36. The van der Waals surface area contributed by atoms with Crippen LogP contribution in [-0.2, 0) is 0 Å². The van der Waals surface area contributed by atoms with Gasteiger partial charge in [-0.15, -0.1) is 0 Å². The minimum atomic E-state index is -5.63. The average molecular weight is 249 g/mol. The molecule has 1 unspecified atom stereocenters. The van der Waals surface area contributed by atoms with Crippen LogP contribution < -0.4 is 0 Å². The van der Waals surface area contributed by atoms with Gasteiger partial charge >= 0.3 is 12.1 Å². The molecule has 6 heteroatoms. The fraction of sp³-hybridized carbons (Fsp3) is 0.778. The Labute approximate surface area is 89.1 Å². The molecule has 1 rings (SSSR count). The summed E-state index contributed by atoms with van der Waals surface area (Å²) < 4.78 is 60.9. The van der Waals surface area contributed by atoms with E-state index in [0.29, 0.717) is 6.42 Å². The van der Waals surface area contributed by atoms with Crippen LogP contribution >= 0.6 is 11.6 Å². The molecule has 1 atom stereocenters. The Morgan fingerprint density at radius 2 is 1.67 bits per heavy atom. The fourth-order valence-corrected chi connectivity index (χ4v) is 1.47. The predicted molar refractivity (Wildman–Crippen MR) is 46.8 cm³/mol. The monoisotopic (exact) mass is 248 g/mol. The van der Waals surface area contributed by atoms with Crippen molar-refractivity contribution in [2.45, 2.75) is 32.4 Å².